The van der Waals surface area contributed by atoms with E-state index >= 15 is 0 Å². The molecule has 0 radical (unpaired) electrons. The van der Waals surface area contributed by atoms with E-state index in [1.165, 1.54) is 7.11 Å². The summed E-state index contributed by atoms with van der Waals surface area (Å²) in [7, 11) is 1.33. The summed E-state index contributed by atoms with van der Waals surface area (Å²) < 4.78 is 4.89. The van der Waals surface area contributed by atoms with Gasteiger partial charge in [0, 0.05) is 24.6 Å². The monoisotopic (exact) mass is 301 g/mol. The Morgan fingerprint density at radius 2 is 1.73 bits per heavy atom. The van der Waals surface area contributed by atoms with Gasteiger partial charge in [-0.15, -0.1) is 13.2 Å². The molecule has 0 fully saturated rings. The fourth-order valence-electron chi connectivity index (χ4n) is 2.43. The Kier molecular flexibility index (Phi) is 7.26. The molecule has 4 heteroatoms. The largest absolute Gasteiger partial charge is 0.468 e. The second-order valence-electron chi connectivity index (χ2n) is 5.02. The zero-order valence-electron chi connectivity index (χ0n) is 13.2. The minimum atomic E-state index is -0.672. The molecule has 2 atom stereocenters. The number of Topliss-reactive ketones (excluding diaryl/α,β-unsaturated/α-hetero) is 1. The quantitative estimate of drug-likeness (QED) is 0.400. The highest BCUT2D eigenvalue weighted by atomic mass is 16.5. The predicted octanol–water partition coefficient (Wildman–Crippen LogP) is 2.72. The first-order valence-corrected chi connectivity index (χ1v) is 7.19. The van der Waals surface area contributed by atoms with Crippen LogP contribution in [0.3, 0.4) is 0 Å². The van der Waals surface area contributed by atoms with Gasteiger partial charge in [-0.1, -0.05) is 49.4 Å². The molecule has 0 saturated carbocycles. The number of methoxy groups -OCH3 is 1. The molecule has 1 aromatic carbocycles. The van der Waals surface area contributed by atoms with Crippen LogP contribution < -0.4 is 0 Å². The molecule has 0 aromatic heterocycles. The molecule has 0 bridgehead atoms. The van der Waals surface area contributed by atoms with Crippen molar-refractivity contribution >= 4 is 11.8 Å². The Hall–Kier alpha value is -2.20. The number of hydrogen-bond acceptors (Lipinski definition) is 4. The third kappa shape index (κ3) is 4.40. The van der Waals surface area contributed by atoms with Crippen LogP contribution in [0.2, 0.25) is 0 Å². The summed E-state index contributed by atoms with van der Waals surface area (Å²) in [5.74, 6) is -1.05. The van der Waals surface area contributed by atoms with E-state index in [1.807, 2.05) is 11.0 Å². The Bertz CT molecular complexity index is 514. The van der Waals surface area contributed by atoms with Crippen LogP contribution >= 0.6 is 0 Å². The summed E-state index contributed by atoms with van der Waals surface area (Å²) >= 11 is 0. The fourth-order valence-corrected chi connectivity index (χ4v) is 2.43. The number of hydrogen-bond donors (Lipinski definition) is 0. The zero-order valence-corrected chi connectivity index (χ0v) is 13.2. The Labute approximate surface area is 132 Å². The average molecular weight is 301 g/mol. The van der Waals surface area contributed by atoms with Crippen molar-refractivity contribution in [2.24, 2.45) is 5.92 Å². The third-order valence-electron chi connectivity index (χ3n) is 3.51. The Morgan fingerprint density at radius 1 is 1.18 bits per heavy atom. The summed E-state index contributed by atoms with van der Waals surface area (Å²) in [4.78, 5) is 26.7. The fraction of sp³-hybridized carbons (Fsp3) is 0.333. The van der Waals surface area contributed by atoms with Crippen molar-refractivity contribution in [1.29, 1.82) is 0 Å². The van der Waals surface area contributed by atoms with E-state index in [4.69, 9.17) is 4.74 Å². The first-order chi connectivity index (χ1) is 10.6. The van der Waals surface area contributed by atoms with Crippen molar-refractivity contribution in [2.75, 3.05) is 20.2 Å². The minimum Gasteiger partial charge on any atom is -0.468 e. The lowest BCUT2D eigenvalue weighted by Crippen LogP contribution is -2.48. The van der Waals surface area contributed by atoms with Crippen molar-refractivity contribution in [3.8, 4) is 0 Å². The number of benzene rings is 1. The SMILES string of the molecule is C=CCN(CC=C)C(C(=O)OC)C(C)C(=O)c1ccccc1. The molecule has 2 unspecified atom stereocenters. The van der Waals surface area contributed by atoms with E-state index in [0.717, 1.165) is 0 Å². The summed E-state index contributed by atoms with van der Waals surface area (Å²) in [6.07, 6.45) is 3.39. The van der Waals surface area contributed by atoms with Gasteiger partial charge in [-0.05, 0) is 0 Å². The lowest BCUT2D eigenvalue weighted by Gasteiger charge is -2.31. The molecule has 0 aliphatic carbocycles. The number of nitrogens with zero attached hydrogens (tertiary/aromatic N) is 1. The van der Waals surface area contributed by atoms with E-state index in [2.05, 4.69) is 13.2 Å². The zero-order chi connectivity index (χ0) is 16.5. The molecule has 0 amide bonds. The van der Waals surface area contributed by atoms with Gasteiger partial charge in [0.2, 0.25) is 0 Å². The van der Waals surface area contributed by atoms with Gasteiger partial charge in [-0.25, -0.2) is 0 Å². The van der Waals surface area contributed by atoms with Crippen molar-refractivity contribution in [2.45, 2.75) is 13.0 Å². The van der Waals surface area contributed by atoms with Crippen LogP contribution in [0.15, 0.2) is 55.6 Å². The van der Waals surface area contributed by atoms with E-state index in [1.54, 1.807) is 43.3 Å². The third-order valence-corrected chi connectivity index (χ3v) is 3.51. The lowest BCUT2D eigenvalue weighted by molar-refractivity contribution is -0.148. The molecule has 22 heavy (non-hydrogen) atoms. The Balaban J connectivity index is 3.09. The van der Waals surface area contributed by atoms with Crippen LogP contribution in [0.1, 0.15) is 17.3 Å². The molecule has 1 rings (SSSR count). The van der Waals surface area contributed by atoms with Crippen molar-refractivity contribution < 1.29 is 14.3 Å². The maximum absolute atomic E-state index is 12.6. The van der Waals surface area contributed by atoms with Crippen molar-refractivity contribution in [1.82, 2.24) is 4.90 Å². The maximum Gasteiger partial charge on any atom is 0.323 e. The van der Waals surface area contributed by atoms with E-state index < -0.39 is 17.9 Å². The van der Waals surface area contributed by atoms with E-state index in [-0.39, 0.29) is 5.78 Å². The number of carbonyl (C=O) groups excluding carboxylic acids is 2. The highest BCUT2D eigenvalue weighted by Crippen LogP contribution is 2.19. The molecule has 0 aliphatic rings. The maximum atomic E-state index is 12.6. The molecular formula is C18H23NO3. The first-order valence-electron chi connectivity index (χ1n) is 7.19. The van der Waals surface area contributed by atoms with Gasteiger partial charge in [0.05, 0.1) is 7.11 Å². The number of carbonyl (C=O) groups is 2. The number of ether oxygens (including phenoxy) is 1. The van der Waals surface area contributed by atoms with E-state index in [0.29, 0.717) is 18.7 Å². The first kappa shape index (κ1) is 17.9. The number of rotatable bonds is 9. The van der Waals surface area contributed by atoms with Gasteiger partial charge in [0.1, 0.15) is 6.04 Å². The molecular weight excluding hydrogens is 278 g/mol. The van der Waals surface area contributed by atoms with E-state index in [9.17, 15) is 9.59 Å². The van der Waals surface area contributed by atoms with Gasteiger partial charge in [0.15, 0.2) is 5.78 Å². The van der Waals surface area contributed by atoms with Crippen LogP contribution in [0, 0.1) is 5.92 Å². The van der Waals surface area contributed by atoms with Crippen LogP contribution in [0.4, 0.5) is 0 Å². The highest BCUT2D eigenvalue weighted by Gasteiger charge is 2.35. The molecule has 1 aromatic rings. The molecule has 4 nitrogen and oxygen atoms in total. The van der Waals surface area contributed by atoms with Crippen LogP contribution in [0.25, 0.3) is 0 Å². The molecule has 0 N–H and O–H groups in total. The highest BCUT2D eigenvalue weighted by molar-refractivity contribution is 6.00. The second kappa shape index (κ2) is 8.95. The molecule has 118 valence electrons. The Morgan fingerprint density at radius 3 is 2.18 bits per heavy atom. The van der Waals surface area contributed by atoms with Crippen molar-refractivity contribution in [3.63, 3.8) is 0 Å². The van der Waals surface area contributed by atoms with Crippen LogP contribution in [-0.2, 0) is 9.53 Å². The topological polar surface area (TPSA) is 46.6 Å². The van der Waals surface area contributed by atoms with Crippen molar-refractivity contribution in [3.05, 3.63) is 61.2 Å². The average Bonchev–Trinajstić information content (AvgIpc) is 2.55. The van der Waals surface area contributed by atoms with Gasteiger partial charge in [0.25, 0.3) is 0 Å². The normalized spacial score (nSPS) is 13.2. The molecule has 0 spiro atoms. The second-order valence-corrected chi connectivity index (χ2v) is 5.02. The smallest absolute Gasteiger partial charge is 0.323 e. The van der Waals surface area contributed by atoms with Gasteiger partial charge in [-0.3, -0.25) is 14.5 Å². The molecule has 0 aliphatic heterocycles. The summed E-state index contributed by atoms with van der Waals surface area (Å²) in [6.45, 7) is 10.1. The number of esters is 1. The standard InChI is InChI=1S/C18H23NO3/c1-5-12-19(13-6-2)16(18(21)22-4)14(3)17(20)15-10-8-7-9-11-15/h5-11,14,16H,1-2,12-13H2,3-4H3. The molecule has 0 heterocycles. The van der Waals surface area contributed by atoms with Gasteiger partial charge < -0.3 is 4.74 Å². The summed E-state index contributed by atoms with van der Waals surface area (Å²) in [5.41, 5.74) is 0.584. The molecule has 0 saturated heterocycles. The van der Waals surface area contributed by atoms with Crippen LogP contribution in [0.5, 0.6) is 0 Å². The summed E-state index contributed by atoms with van der Waals surface area (Å²) in [5, 5.41) is 0. The van der Waals surface area contributed by atoms with Gasteiger partial charge >= 0.3 is 5.97 Å². The van der Waals surface area contributed by atoms with Crippen LogP contribution in [-0.4, -0.2) is 42.9 Å². The minimum absolute atomic E-state index is 0.0888. The van der Waals surface area contributed by atoms with Gasteiger partial charge in [-0.2, -0.15) is 0 Å². The summed E-state index contributed by atoms with van der Waals surface area (Å²) in [6, 6.07) is 8.28. The lowest BCUT2D eigenvalue weighted by atomic mass is 9.91. The number of ketones is 1. The predicted molar refractivity (Wildman–Crippen MR) is 87.7 cm³/mol.